The predicted molar refractivity (Wildman–Crippen MR) is 69.9 cm³/mol. The fraction of sp³-hybridized carbons (Fsp3) is 0.357. The Hall–Kier alpha value is -2.02. The largest absolute Gasteiger partial charge is 0.490 e. The fourth-order valence-electron chi connectivity index (χ4n) is 1.89. The van der Waals surface area contributed by atoms with Crippen LogP contribution in [0.5, 0.6) is 5.75 Å². The summed E-state index contributed by atoms with van der Waals surface area (Å²) in [6.07, 6.45) is -2.15. The van der Waals surface area contributed by atoms with Crippen LogP contribution >= 0.6 is 0 Å². The van der Waals surface area contributed by atoms with E-state index in [4.69, 9.17) is 4.74 Å². The van der Waals surface area contributed by atoms with Gasteiger partial charge in [0.2, 0.25) is 0 Å². The predicted octanol–water partition coefficient (Wildman–Crippen LogP) is 2.65. The first-order valence-corrected chi connectivity index (χ1v) is 6.32. The van der Waals surface area contributed by atoms with Crippen molar-refractivity contribution < 1.29 is 23.0 Å². The van der Waals surface area contributed by atoms with Crippen molar-refractivity contribution in [2.75, 3.05) is 6.61 Å². The summed E-state index contributed by atoms with van der Waals surface area (Å²) in [7, 11) is 0. The molecule has 0 unspecified atom stereocenters. The van der Waals surface area contributed by atoms with Crippen molar-refractivity contribution in [3.8, 4) is 5.75 Å². The molecule has 0 aliphatic heterocycles. The average Bonchev–Trinajstić information content (AvgIpc) is 2.81. The Kier molecular flexibility index (Phi) is 4.52. The summed E-state index contributed by atoms with van der Waals surface area (Å²) in [5.74, 6) is 0.427. The maximum absolute atomic E-state index is 12.8. The van der Waals surface area contributed by atoms with E-state index in [-0.39, 0.29) is 18.9 Å². The van der Waals surface area contributed by atoms with Crippen molar-refractivity contribution in [2.45, 2.75) is 25.7 Å². The number of benzene rings is 1. The van der Waals surface area contributed by atoms with Crippen molar-refractivity contribution in [3.63, 3.8) is 0 Å². The summed E-state index contributed by atoms with van der Waals surface area (Å²) in [6.45, 7) is 1.75. The molecule has 0 saturated heterocycles. The van der Waals surface area contributed by atoms with Crippen molar-refractivity contribution in [1.29, 1.82) is 0 Å². The van der Waals surface area contributed by atoms with Gasteiger partial charge in [-0.15, -0.1) is 0 Å². The number of imidazole rings is 1. The van der Waals surface area contributed by atoms with Crippen LogP contribution in [0.4, 0.5) is 13.2 Å². The molecule has 0 fully saturated rings. The quantitative estimate of drug-likeness (QED) is 0.923. The second kappa shape index (κ2) is 6.17. The van der Waals surface area contributed by atoms with Crippen LogP contribution in [0.1, 0.15) is 11.4 Å². The third-order valence-corrected chi connectivity index (χ3v) is 2.95. The topological polar surface area (TPSA) is 47.3 Å². The molecule has 21 heavy (non-hydrogen) atoms. The standard InChI is InChI=1S/C14H15F3N2O2/c1-10-18-6-7-19(10)8-11(20)9-21-13-5-3-2-4-12(13)14(15,16)17/h2-7,11,20H,8-9H2,1H3/t11-/m0/s1. The first-order chi connectivity index (χ1) is 9.88. The number of aromatic nitrogens is 2. The highest BCUT2D eigenvalue weighted by atomic mass is 19.4. The molecule has 1 N–H and O–H groups in total. The van der Waals surface area contributed by atoms with Gasteiger partial charge in [-0.3, -0.25) is 0 Å². The smallest absolute Gasteiger partial charge is 0.419 e. The lowest BCUT2D eigenvalue weighted by Crippen LogP contribution is -2.24. The minimum Gasteiger partial charge on any atom is -0.490 e. The Morgan fingerprint density at radius 1 is 1.33 bits per heavy atom. The van der Waals surface area contributed by atoms with Crippen LogP contribution in [0, 0.1) is 6.92 Å². The molecule has 1 aromatic heterocycles. The van der Waals surface area contributed by atoms with Crippen molar-refractivity contribution >= 4 is 0 Å². The molecular formula is C14H15F3N2O2. The summed E-state index contributed by atoms with van der Waals surface area (Å²) < 4.78 is 45.1. The van der Waals surface area contributed by atoms with E-state index in [2.05, 4.69) is 4.98 Å². The molecule has 7 heteroatoms. The van der Waals surface area contributed by atoms with Crippen LogP contribution in [0.3, 0.4) is 0 Å². The number of aliphatic hydroxyl groups is 1. The van der Waals surface area contributed by atoms with Crippen LogP contribution in [-0.4, -0.2) is 27.4 Å². The number of ether oxygens (including phenoxy) is 1. The Balaban J connectivity index is 1.99. The molecule has 2 aromatic rings. The highest BCUT2D eigenvalue weighted by Crippen LogP contribution is 2.35. The van der Waals surface area contributed by atoms with E-state index in [1.807, 2.05) is 0 Å². The summed E-state index contributed by atoms with van der Waals surface area (Å²) in [4.78, 5) is 4.00. The van der Waals surface area contributed by atoms with E-state index in [1.54, 1.807) is 23.9 Å². The highest BCUT2D eigenvalue weighted by Gasteiger charge is 2.34. The molecule has 2 rings (SSSR count). The highest BCUT2D eigenvalue weighted by molar-refractivity contribution is 5.35. The second-order valence-corrected chi connectivity index (χ2v) is 4.59. The molecule has 4 nitrogen and oxygen atoms in total. The Bertz CT molecular complexity index is 596. The van der Waals surface area contributed by atoms with Gasteiger partial charge in [-0.05, 0) is 19.1 Å². The molecular weight excluding hydrogens is 285 g/mol. The lowest BCUT2D eigenvalue weighted by Gasteiger charge is -2.17. The number of nitrogens with zero attached hydrogens (tertiary/aromatic N) is 2. The van der Waals surface area contributed by atoms with Gasteiger partial charge < -0.3 is 14.4 Å². The van der Waals surface area contributed by atoms with Gasteiger partial charge in [-0.1, -0.05) is 12.1 Å². The van der Waals surface area contributed by atoms with Crippen molar-refractivity contribution in [1.82, 2.24) is 9.55 Å². The zero-order valence-electron chi connectivity index (χ0n) is 11.3. The number of hydrogen-bond donors (Lipinski definition) is 1. The van der Waals surface area contributed by atoms with E-state index in [1.165, 1.54) is 18.2 Å². The molecule has 0 spiro atoms. The fourth-order valence-corrected chi connectivity index (χ4v) is 1.89. The molecule has 0 bridgehead atoms. The minimum atomic E-state index is -4.48. The van der Waals surface area contributed by atoms with Crippen LogP contribution in [0.2, 0.25) is 0 Å². The molecule has 0 amide bonds. The zero-order chi connectivity index (χ0) is 15.5. The SMILES string of the molecule is Cc1nccn1C[C@H](O)COc1ccccc1C(F)(F)F. The number of halogens is 3. The Morgan fingerprint density at radius 3 is 2.67 bits per heavy atom. The summed E-state index contributed by atoms with van der Waals surface area (Å²) in [5, 5.41) is 9.85. The van der Waals surface area contributed by atoms with Crippen LogP contribution in [0.25, 0.3) is 0 Å². The molecule has 114 valence electrons. The number of alkyl halides is 3. The molecule has 0 aliphatic carbocycles. The summed E-state index contributed by atoms with van der Waals surface area (Å²) in [5.41, 5.74) is -0.851. The summed E-state index contributed by atoms with van der Waals surface area (Å²) in [6, 6.07) is 4.93. The maximum Gasteiger partial charge on any atom is 0.419 e. The van der Waals surface area contributed by atoms with E-state index in [0.29, 0.717) is 5.82 Å². The van der Waals surface area contributed by atoms with Crippen LogP contribution in [0.15, 0.2) is 36.7 Å². The molecule has 1 aromatic carbocycles. The van der Waals surface area contributed by atoms with Crippen molar-refractivity contribution in [2.24, 2.45) is 0 Å². The second-order valence-electron chi connectivity index (χ2n) is 4.59. The number of aryl methyl sites for hydroxylation is 1. The number of hydrogen-bond acceptors (Lipinski definition) is 3. The Labute approximate surface area is 119 Å². The lowest BCUT2D eigenvalue weighted by atomic mass is 10.2. The minimum absolute atomic E-state index is 0.208. The molecule has 1 heterocycles. The normalized spacial score (nSPS) is 13.2. The van der Waals surface area contributed by atoms with Crippen LogP contribution < -0.4 is 4.74 Å². The number of para-hydroxylation sites is 1. The maximum atomic E-state index is 12.8. The first-order valence-electron chi connectivity index (χ1n) is 6.32. The van der Waals surface area contributed by atoms with Gasteiger partial charge in [0.25, 0.3) is 0 Å². The van der Waals surface area contributed by atoms with E-state index in [9.17, 15) is 18.3 Å². The van der Waals surface area contributed by atoms with Gasteiger partial charge in [0.1, 0.15) is 24.3 Å². The third-order valence-electron chi connectivity index (χ3n) is 2.95. The van der Waals surface area contributed by atoms with Crippen molar-refractivity contribution in [3.05, 3.63) is 48.0 Å². The third kappa shape index (κ3) is 3.98. The Morgan fingerprint density at radius 2 is 2.05 bits per heavy atom. The van der Waals surface area contributed by atoms with Gasteiger partial charge in [0.05, 0.1) is 12.1 Å². The summed E-state index contributed by atoms with van der Waals surface area (Å²) >= 11 is 0. The molecule has 0 radical (unpaired) electrons. The van der Waals surface area contributed by atoms with Gasteiger partial charge in [0.15, 0.2) is 0 Å². The van der Waals surface area contributed by atoms with Gasteiger partial charge >= 0.3 is 6.18 Å². The monoisotopic (exact) mass is 300 g/mol. The first kappa shape index (κ1) is 15.4. The van der Waals surface area contributed by atoms with Crippen LogP contribution in [-0.2, 0) is 12.7 Å². The number of aliphatic hydroxyl groups excluding tert-OH is 1. The lowest BCUT2D eigenvalue weighted by molar-refractivity contribution is -0.139. The molecule has 0 aliphatic rings. The van der Waals surface area contributed by atoms with E-state index in [0.717, 1.165) is 6.07 Å². The number of rotatable bonds is 5. The molecule has 1 atom stereocenters. The average molecular weight is 300 g/mol. The van der Waals surface area contributed by atoms with Gasteiger partial charge in [-0.25, -0.2) is 4.98 Å². The molecule has 0 saturated carbocycles. The van der Waals surface area contributed by atoms with Gasteiger partial charge in [-0.2, -0.15) is 13.2 Å². The van der Waals surface area contributed by atoms with E-state index < -0.39 is 17.8 Å². The van der Waals surface area contributed by atoms with E-state index >= 15 is 0 Å². The zero-order valence-corrected chi connectivity index (χ0v) is 11.3. The van der Waals surface area contributed by atoms with Gasteiger partial charge in [0, 0.05) is 12.4 Å².